The molecular formula is C23H28Cl2N2O3S. The SMILES string of the molecule is CCCNC(=O)[C@@H](C)N(Cc1ccc(OC)cc1)C(=O)CSCc1c(Cl)cccc1Cl. The third kappa shape index (κ3) is 7.63. The van der Waals surface area contributed by atoms with E-state index >= 15 is 0 Å². The lowest BCUT2D eigenvalue weighted by Crippen LogP contribution is -2.48. The van der Waals surface area contributed by atoms with Gasteiger partial charge in [0.2, 0.25) is 11.8 Å². The van der Waals surface area contributed by atoms with Crippen LogP contribution in [0.4, 0.5) is 0 Å². The lowest BCUT2D eigenvalue weighted by molar-refractivity contribution is -0.138. The monoisotopic (exact) mass is 482 g/mol. The molecule has 0 aliphatic carbocycles. The van der Waals surface area contributed by atoms with Crippen LogP contribution in [0.15, 0.2) is 42.5 Å². The van der Waals surface area contributed by atoms with Crippen LogP contribution in [-0.4, -0.2) is 42.2 Å². The molecule has 0 saturated carbocycles. The van der Waals surface area contributed by atoms with Crippen LogP contribution >= 0.6 is 35.0 Å². The van der Waals surface area contributed by atoms with Gasteiger partial charge in [0.25, 0.3) is 0 Å². The summed E-state index contributed by atoms with van der Waals surface area (Å²) in [4.78, 5) is 27.2. The molecule has 0 heterocycles. The minimum atomic E-state index is -0.592. The maximum atomic E-state index is 13.1. The number of methoxy groups -OCH3 is 1. The van der Waals surface area contributed by atoms with E-state index in [1.165, 1.54) is 11.8 Å². The van der Waals surface area contributed by atoms with Crippen LogP contribution in [0.3, 0.4) is 0 Å². The number of benzene rings is 2. The molecule has 0 spiro atoms. The van der Waals surface area contributed by atoms with E-state index in [-0.39, 0.29) is 17.6 Å². The topological polar surface area (TPSA) is 58.6 Å². The summed E-state index contributed by atoms with van der Waals surface area (Å²) in [5.74, 6) is 1.17. The molecule has 2 rings (SSSR count). The van der Waals surface area contributed by atoms with Crippen LogP contribution in [0.25, 0.3) is 0 Å². The summed E-state index contributed by atoms with van der Waals surface area (Å²) in [6.45, 7) is 4.65. The smallest absolute Gasteiger partial charge is 0.242 e. The number of nitrogens with zero attached hydrogens (tertiary/aromatic N) is 1. The summed E-state index contributed by atoms with van der Waals surface area (Å²) in [6, 6.07) is 12.2. The number of rotatable bonds is 11. The molecule has 0 bridgehead atoms. The summed E-state index contributed by atoms with van der Waals surface area (Å²) in [7, 11) is 1.60. The fourth-order valence-corrected chi connectivity index (χ4v) is 4.55. The second-order valence-electron chi connectivity index (χ2n) is 7.03. The average Bonchev–Trinajstić information content (AvgIpc) is 2.77. The molecule has 2 aromatic rings. The Kier molecular flexibility index (Phi) is 10.5. The van der Waals surface area contributed by atoms with Gasteiger partial charge < -0.3 is 15.0 Å². The standard InChI is InChI=1S/C23H28Cl2N2O3S/c1-4-12-26-23(29)16(2)27(13-17-8-10-18(30-3)11-9-17)22(28)15-31-14-19-20(24)6-5-7-21(19)25/h5-11,16H,4,12-15H2,1-3H3,(H,26,29)/t16-/m1/s1. The van der Waals surface area contributed by atoms with Crippen molar-refractivity contribution < 1.29 is 14.3 Å². The lowest BCUT2D eigenvalue weighted by Gasteiger charge is -2.29. The number of amides is 2. The maximum Gasteiger partial charge on any atom is 0.242 e. The number of thioether (sulfide) groups is 1. The second-order valence-corrected chi connectivity index (χ2v) is 8.83. The van der Waals surface area contributed by atoms with Crippen LogP contribution in [0.5, 0.6) is 5.75 Å². The third-order valence-corrected chi connectivity index (χ3v) is 6.41. The third-order valence-electron chi connectivity index (χ3n) is 4.76. The number of carbonyl (C=O) groups is 2. The molecule has 0 aliphatic rings. The molecule has 1 N–H and O–H groups in total. The van der Waals surface area contributed by atoms with Crippen molar-refractivity contribution in [1.82, 2.24) is 10.2 Å². The molecule has 2 aromatic carbocycles. The molecule has 0 aromatic heterocycles. The minimum Gasteiger partial charge on any atom is -0.497 e. The van der Waals surface area contributed by atoms with Gasteiger partial charge in [-0.15, -0.1) is 11.8 Å². The molecule has 8 heteroatoms. The molecule has 0 fully saturated rings. The van der Waals surface area contributed by atoms with Crippen LogP contribution in [0, 0.1) is 0 Å². The van der Waals surface area contributed by atoms with E-state index < -0.39 is 6.04 Å². The van der Waals surface area contributed by atoms with Gasteiger partial charge in [0.1, 0.15) is 11.8 Å². The molecule has 2 amide bonds. The molecule has 0 radical (unpaired) electrons. The molecule has 0 saturated heterocycles. The molecule has 1 atom stereocenters. The number of halogens is 2. The molecule has 0 unspecified atom stereocenters. The summed E-state index contributed by atoms with van der Waals surface area (Å²) >= 11 is 13.9. The Hall–Kier alpha value is -1.89. The highest BCUT2D eigenvalue weighted by atomic mass is 35.5. The highest BCUT2D eigenvalue weighted by Gasteiger charge is 2.26. The quantitative estimate of drug-likeness (QED) is 0.479. The second kappa shape index (κ2) is 12.8. The van der Waals surface area contributed by atoms with E-state index in [2.05, 4.69) is 5.32 Å². The molecule has 0 aliphatic heterocycles. The van der Waals surface area contributed by atoms with E-state index in [0.717, 1.165) is 23.3 Å². The predicted octanol–water partition coefficient (Wildman–Crippen LogP) is 5.18. The van der Waals surface area contributed by atoms with E-state index in [4.69, 9.17) is 27.9 Å². The first-order chi connectivity index (χ1) is 14.9. The van der Waals surface area contributed by atoms with Gasteiger partial charge in [-0.3, -0.25) is 9.59 Å². The van der Waals surface area contributed by atoms with Crippen LogP contribution in [0.2, 0.25) is 10.0 Å². The molecule has 168 valence electrons. The van der Waals surface area contributed by atoms with Gasteiger partial charge in [-0.2, -0.15) is 0 Å². The van der Waals surface area contributed by atoms with Gasteiger partial charge in [-0.25, -0.2) is 0 Å². The van der Waals surface area contributed by atoms with Gasteiger partial charge in [0, 0.05) is 28.9 Å². The van der Waals surface area contributed by atoms with Crippen molar-refractivity contribution in [2.24, 2.45) is 0 Å². The largest absolute Gasteiger partial charge is 0.497 e. The van der Waals surface area contributed by atoms with E-state index in [1.54, 1.807) is 37.1 Å². The lowest BCUT2D eigenvalue weighted by atomic mass is 10.1. The Balaban J connectivity index is 2.09. The zero-order valence-corrected chi connectivity index (χ0v) is 20.3. The summed E-state index contributed by atoms with van der Waals surface area (Å²) in [5, 5.41) is 4.03. The van der Waals surface area contributed by atoms with Gasteiger partial charge in [-0.05, 0) is 48.7 Å². The Morgan fingerprint density at radius 2 is 1.77 bits per heavy atom. The minimum absolute atomic E-state index is 0.122. The van der Waals surface area contributed by atoms with E-state index in [0.29, 0.717) is 28.9 Å². The number of ether oxygens (including phenoxy) is 1. The van der Waals surface area contributed by atoms with Crippen LogP contribution < -0.4 is 10.1 Å². The van der Waals surface area contributed by atoms with E-state index in [1.807, 2.05) is 31.2 Å². The Bertz CT molecular complexity index is 857. The first kappa shape index (κ1) is 25.4. The predicted molar refractivity (Wildman–Crippen MR) is 129 cm³/mol. The van der Waals surface area contributed by atoms with Crippen molar-refractivity contribution in [3.63, 3.8) is 0 Å². The van der Waals surface area contributed by atoms with Gasteiger partial charge in [-0.1, -0.05) is 48.3 Å². The fraction of sp³-hybridized carbons (Fsp3) is 0.391. The number of hydrogen-bond acceptors (Lipinski definition) is 4. The van der Waals surface area contributed by atoms with Crippen LogP contribution in [0.1, 0.15) is 31.4 Å². The van der Waals surface area contributed by atoms with E-state index in [9.17, 15) is 9.59 Å². The number of nitrogens with one attached hydrogen (secondary N) is 1. The Labute approximate surface area is 198 Å². The van der Waals surface area contributed by atoms with Crippen molar-refractivity contribution in [3.05, 3.63) is 63.6 Å². The highest BCUT2D eigenvalue weighted by Crippen LogP contribution is 2.28. The molecular weight excluding hydrogens is 455 g/mol. The summed E-state index contributed by atoms with van der Waals surface area (Å²) < 4.78 is 5.20. The van der Waals surface area contributed by atoms with Crippen molar-refractivity contribution in [1.29, 1.82) is 0 Å². The van der Waals surface area contributed by atoms with Crippen molar-refractivity contribution in [3.8, 4) is 5.75 Å². The zero-order chi connectivity index (χ0) is 22.8. The van der Waals surface area contributed by atoms with Gasteiger partial charge >= 0.3 is 0 Å². The first-order valence-corrected chi connectivity index (χ1v) is 12.0. The summed E-state index contributed by atoms with van der Waals surface area (Å²) in [6.07, 6.45) is 0.833. The summed E-state index contributed by atoms with van der Waals surface area (Å²) in [5.41, 5.74) is 1.72. The van der Waals surface area contributed by atoms with Crippen LogP contribution in [-0.2, 0) is 21.9 Å². The number of carbonyl (C=O) groups excluding carboxylic acids is 2. The van der Waals surface area contributed by atoms with Gasteiger partial charge in [0.15, 0.2) is 0 Å². The number of hydrogen-bond donors (Lipinski definition) is 1. The normalized spacial score (nSPS) is 11.6. The van der Waals surface area contributed by atoms with Crippen molar-refractivity contribution in [2.75, 3.05) is 19.4 Å². The van der Waals surface area contributed by atoms with Gasteiger partial charge in [0.05, 0.1) is 12.9 Å². The maximum absolute atomic E-state index is 13.1. The molecule has 5 nitrogen and oxygen atoms in total. The van der Waals surface area contributed by atoms with Crippen molar-refractivity contribution >= 4 is 46.8 Å². The Morgan fingerprint density at radius 1 is 1.13 bits per heavy atom. The van der Waals surface area contributed by atoms with Crippen molar-refractivity contribution in [2.45, 2.75) is 38.6 Å². The highest BCUT2D eigenvalue weighted by molar-refractivity contribution is 7.99. The zero-order valence-electron chi connectivity index (χ0n) is 18.0. The first-order valence-electron chi connectivity index (χ1n) is 10.1. The molecule has 31 heavy (non-hydrogen) atoms. The Morgan fingerprint density at radius 3 is 2.35 bits per heavy atom. The average molecular weight is 483 g/mol. The fourth-order valence-electron chi connectivity index (χ4n) is 2.90.